The number of rotatable bonds is 4. The van der Waals surface area contributed by atoms with E-state index in [-0.39, 0.29) is 5.91 Å². The molecule has 2 N–H and O–H groups in total. The molecule has 0 saturated heterocycles. The van der Waals surface area contributed by atoms with Crippen molar-refractivity contribution in [2.75, 3.05) is 20.1 Å². The van der Waals surface area contributed by atoms with Crippen LogP contribution in [-0.2, 0) is 0 Å². The quantitative estimate of drug-likeness (QED) is 0.660. The molecule has 5 nitrogen and oxygen atoms in total. The van der Waals surface area contributed by atoms with Gasteiger partial charge in [0.15, 0.2) is 0 Å². The van der Waals surface area contributed by atoms with Crippen molar-refractivity contribution in [3.63, 3.8) is 0 Å². The number of hydrogen-bond donors (Lipinski definition) is 2. The van der Waals surface area contributed by atoms with Gasteiger partial charge in [0.2, 0.25) is 0 Å². The third-order valence-electron chi connectivity index (χ3n) is 1.52. The molecule has 0 saturated carbocycles. The van der Waals surface area contributed by atoms with E-state index in [1.807, 2.05) is 7.05 Å². The van der Waals surface area contributed by atoms with Gasteiger partial charge >= 0.3 is 0 Å². The number of nitrogens with one attached hydrogen (secondary N) is 2. The van der Waals surface area contributed by atoms with Crippen LogP contribution in [0.1, 0.15) is 15.4 Å². The minimum absolute atomic E-state index is 0.0947. The fraction of sp³-hybridized carbons (Fsp3) is 0.571. The predicted octanol–water partition coefficient (Wildman–Crippen LogP) is -0.204. The molecule has 6 heteroatoms. The highest BCUT2D eigenvalue weighted by atomic mass is 32.1. The van der Waals surface area contributed by atoms with Crippen LogP contribution in [0.5, 0.6) is 0 Å². The zero-order valence-corrected chi connectivity index (χ0v) is 8.44. The minimum Gasteiger partial charge on any atom is -0.350 e. The van der Waals surface area contributed by atoms with Gasteiger partial charge in [0.1, 0.15) is 4.88 Å². The third kappa shape index (κ3) is 2.74. The molecule has 0 bridgehead atoms. The monoisotopic (exact) mass is 200 g/mol. The second-order valence-corrected chi connectivity index (χ2v) is 3.30. The summed E-state index contributed by atoms with van der Waals surface area (Å²) in [6, 6.07) is 0. The smallest absolute Gasteiger partial charge is 0.264 e. The van der Waals surface area contributed by atoms with E-state index >= 15 is 0 Å². The van der Waals surface area contributed by atoms with Gasteiger partial charge in [0.25, 0.3) is 5.91 Å². The summed E-state index contributed by atoms with van der Waals surface area (Å²) in [7, 11) is 1.84. The van der Waals surface area contributed by atoms with Crippen LogP contribution in [-0.4, -0.2) is 35.6 Å². The summed E-state index contributed by atoms with van der Waals surface area (Å²) in [6.07, 6.45) is 0. The Morgan fingerprint density at radius 3 is 2.85 bits per heavy atom. The van der Waals surface area contributed by atoms with Gasteiger partial charge in [-0.1, -0.05) is 4.49 Å². The van der Waals surface area contributed by atoms with Gasteiger partial charge < -0.3 is 10.6 Å². The largest absolute Gasteiger partial charge is 0.350 e. The lowest BCUT2D eigenvalue weighted by atomic mass is 10.4. The molecular formula is C7H12N4OS. The molecule has 0 aliphatic rings. The lowest BCUT2D eigenvalue weighted by Gasteiger charge is -2.01. The van der Waals surface area contributed by atoms with Gasteiger partial charge in [-0.25, -0.2) is 0 Å². The highest BCUT2D eigenvalue weighted by Crippen LogP contribution is 2.07. The van der Waals surface area contributed by atoms with Gasteiger partial charge in [-0.3, -0.25) is 4.79 Å². The van der Waals surface area contributed by atoms with Crippen molar-refractivity contribution in [2.45, 2.75) is 6.92 Å². The first kappa shape index (κ1) is 10.1. The van der Waals surface area contributed by atoms with E-state index in [0.29, 0.717) is 17.1 Å². The number of hydrogen-bond acceptors (Lipinski definition) is 5. The van der Waals surface area contributed by atoms with Crippen molar-refractivity contribution < 1.29 is 4.79 Å². The molecule has 0 atom stereocenters. The Balaban J connectivity index is 2.45. The van der Waals surface area contributed by atoms with E-state index in [9.17, 15) is 4.79 Å². The molecule has 1 aromatic heterocycles. The second kappa shape index (κ2) is 4.88. The maximum Gasteiger partial charge on any atom is 0.264 e. The summed E-state index contributed by atoms with van der Waals surface area (Å²) in [5.41, 5.74) is 0.687. The Morgan fingerprint density at radius 1 is 1.54 bits per heavy atom. The molecule has 13 heavy (non-hydrogen) atoms. The first-order valence-corrected chi connectivity index (χ1v) is 4.74. The van der Waals surface area contributed by atoms with Crippen LogP contribution < -0.4 is 10.6 Å². The van der Waals surface area contributed by atoms with Crippen molar-refractivity contribution in [2.24, 2.45) is 0 Å². The third-order valence-corrected chi connectivity index (χ3v) is 2.35. The molecule has 0 fully saturated rings. The first-order valence-electron chi connectivity index (χ1n) is 3.97. The molecule has 72 valence electrons. The maximum absolute atomic E-state index is 11.4. The molecule has 1 rings (SSSR count). The van der Waals surface area contributed by atoms with E-state index in [4.69, 9.17) is 0 Å². The van der Waals surface area contributed by atoms with Crippen LogP contribution in [0.3, 0.4) is 0 Å². The van der Waals surface area contributed by atoms with Crippen molar-refractivity contribution >= 4 is 17.4 Å². The van der Waals surface area contributed by atoms with E-state index in [1.165, 1.54) is 0 Å². The van der Waals surface area contributed by atoms with Crippen molar-refractivity contribution in [3.05, 3.63) is 10.6 Å². The molecule has 1 heterocycles. The summed E-state index contributed by atoms with van der Waals surface area (Å²) >= 11 is 1.12. The average Bonchev–Trinajstić information content (AvgIpc) is 2.52. The summed E-state index contributed by atoms with van der Waals surface area (Å²) in [5.74, 6) is -0.0947. The van der Waals surface area contributed by atoms with Gasteiger partial charge in [0, 0.05) is 13.1 Å². The van der Waals surface area contributed by atoms with Crippen LogP contribution in [0.2, 0.25) is 0 Å². The van der Waals surface area contributed by atoms with Crippen LogP contribution in [0.4, 0.5) is 0 Å². The van der Waals surface area contributed by atoms with Crippen molar-refractivity contribution in [1.29, 1.82) is 0 Å². The lowest BCUT2D eigenvalue weighted by Crippen LogP contribution is -2.30. The fourth-order valence-electron chi connectivity index (χ4n) is 0.821. The molecule has 0 aliphatic heterocycles. The second-order valence-electron chi connectivity index (χ2n) is 2.55. The number of carbonyl (C=O) groups excluding carboxylic acids is 1. The zero-order valence-electron chi connectivity index (χ0n) is 7.63. The molecular weight excluding hydrogens is 188 g/mol. The SMILES string of the molecule is CNCCNC(=O)c1snnc1C. The Bertz CT molecular complexity index is 286. The number of aryl methyl sites for hydroxylation is 1. The Hall–Kier alpha value is -1.01. The van der Waals surface area contributed by atoms with Gasteiger partial charge in [0.05, 0.1) is 5.69 Å². The molecule has 0 spiro atoms. The van der Waals surface area contributed by atoms with Gasteiger partial charge in [-0.05, 0) is 25.5 Å². The number of aromatic nitrogens is 2. The molecule has 0 unspecified atom stereocenters. The van der Waals surface area contributed by atoms with Crippen molar-refractivity contribution in [1.82, 2.24) is 20.2 Å². The Morgan fingerprint density at radius 2 is 2.31 bits per heavy atom. The van der Waals surface area contributed by atoms with E-state index < -0.39 is 0 Å². The summed E-state index contributed by atoms with van der Waals surface area (Å²) in [6.45, 7) is 3.15. The highest BCUT2D eigenvalue weighted by molar-refractivity contribution is 7.07. The standard InChI is InChI=1S/C7H12N4OS/c1-5-6(13-11-10-5)7(12)9-4-3-8-2/h8H,3-4H2,1-2H3,(H,9,12). The van der Waals surface area contributed by atoms with Crippen LogP contribution in [0, 0.1) is 6.92 Å². The van der Waals surface area contributed by atoms with Crippen molar-refractivity contribution in [3.8, 4) is 0 Å². The number of amides is 1. The minimum atomic E-state index is -0.0947. The van der Waals surface area contributed by atoms with Crippen LogP contribution in [0.25, 0.3) is 0 Å². The lowest BCUT2D eigenvalue weighted by molar-refractivity contribution is 0.0957. The van der Waals surface area contributed by atoms with E-state index in [0.717, 1.165) is 18.1 Å². The Labute approximate surface area is 80.7 Å². The Kier molecular flexibility index (Phi) is 3.78. The van der Waals surface area contributed by atoms with Gasteiger partial charge in [-0.2, -0.15) is 0 Å². The summed E-state index contributed by atoms with van der Waals surface area (Å²) < 4.78 is 3.69. The fourth-order valence-corrected chi connectivity index (χ4v) is 1.39. The molecule has 1 amide bonds. The van der Waals surface area contributed by atoms with Crippen LogP contribution >= 0.6 is 11.5 Å². The highest BCUT2D eigenvalue weighted by Gasteiger charge is 2.11. The number of carbonyl (C=O) groups is 1. The van der Waals surface area contributed by atoms with E-state index in [1.54, 1.807) is 6.92 Å². The summed E-state index contributed by atoms with van der Waals surface area (Å²) in [5, 5.41) is 9.45. The molecule has 0 radical (unpaired) electrons. The van der Waals surface area contributed by atoms with Crippen LogP contribution in [0.15, 0.2) is 0 Å². The average molecular weight is 200 g/mol. The predicted molar refractivity (Wildman–Crippen MR) is 50.9 cm³/mol. The molecule has 0 aliphatic carbocycles. The number of nitrogens with zero attached hydrogens (tertiary/aromatic N) is 2. The normalized spacial score (nSPS) is 10.0. The molecule has 0 aromatic carbocycles. The maximum atomic E-state index is 11.4. The summed E-state index contributed by atoms with van der Waals surface area (Å²) in [4.78, 5) is 12.0. The topological polar surface area (TPSA) is 66.9 Å². The molecule has 1 aromatic rings. The van der Waals surface area contributed by atoms with E-state index in [2.05, 4.69) is 20.2 Å². The first-order chi connectivity index (χ1) is 6.25. The zero-order chi connectivity index (χ0) is 9.68. The van der Waals surface area contributed by atoms with Gasteiger partial charge in [-0.15, -0.1) is 5.10 Å². The number of likely N-dealkylation sites (N-methyl/N-ethyl adjacent to an activating group) is 1.